The SMILES string of the molecule is Nc1nccc(C(=NOCC2CC2)C(=O)O)n1. The molecule has 1 aliphatic carbocycles. The Labute approximate surface area is 97.3 Å². The van der Waals surface area contributed by atoms with E-state index in [1.807, 2.05) is 0 Å². The molecule has 7 nitrogen and oxygen atoms in total. The Balaban J connectivity index is 2.12. The molecule has 17 heavy (non-hydrogen) atoms. The number of rotatable bonds is 5. The molecule has 0 aromatic carbocycles. The fourth-order valence-corrected chi connectivity index (χ4v) is 1.19. The van der Waals surface area contributed by atoms with Gasteiger partial charge in [0.1, 0.15) is 12.3 Å². The second-order valence-corrected chi connectivity index (χ2v) is 3.78. The maximum Gasteiger partial charge on any atom is 0.360 e. The smallest absolute Gasteiger partial charge is 0.360 e. The molecule has 7 heteroatoms. The lowest BCUT2D eigenvalue weighted by Crippen LogP contribution is -2.17. The monoisotopic (exact) mass is 236 g/mol. The van der Waals surface area contributed by atoms with E-state index in [4.69, 9.17) is 15.7 Å². The molecule has 0 atom stereocenters. The van der Waals surface area contributed by atoms with Crippen molar-refractivity contribution in [3.8, 4) is 0 Å². The first-order valence-corrected chi connectivity index (χ1v) is 5.19. The molecule has 1 aromatic rings. The van der Waals surface area contributed by atoms with Gasteiger partial charge in [0.15, 0.2) is 0 Å². The van der Waals surface area contributed by atoms with Gasteiger partial charge in [0, 0.05) is 6.20 Å². The fraction of sp³-hybridized carbons (Fsp3) is 0.400. The number of nitrogens with two attached hydrogens (primary N) is 1. The number of carboxylic acids is 1. The molecule has 3 N–H and O–H groups in total. The Hall–Kier alpha value is -2.18. The number of anilines is 1. The standard InChI is InChI=1S/C10H12N4O3/c11-10-12-4-3-7(13-10)8(9(15)16)14-17-5-6-1-2-6/h3-4,6H,1-2,5H2,(H,15,16)(H2,11,12,13). The van der Waals surface area contributed by atoms with Gasteiger partial charge in [-0.25, -0.2) is 14.8 Å². The highest BCUT2D eigenvalue weighted by atomic mass is 16.6. The number of oxime groups is 1. The number of aliphatic carboxylic acids is 1. The molecule has 2 rings (SSSR count). The van der Waals surface area contributed by atoms with Gasteiger partial charge < -0.3 is 15.7 Å². The van der Waals surface area contributed by atoms with E-state index in [-0.39, 0.29) is 17.4 Å². The van der Waals surface area contributed by atoms with E-state index in [1.165, 1.54) is 12.3 Å². The number of aromatic nitrogens is 2. The molecule has 1 aromatic heterocycles. The second kappa shape index (κ2) is 4.77. The molecule has 0 radical (unpaired) electrons. The summed E-state index contributed by atoms with van der Waals surface area (Å²) in [5.74, 6) is -0.707. The summed E-state index contributed by atoms with van der Waals surface area (Å²) in [5.41, 5.74) is 5.25. The zero-order valence-electron chi connectivity index (χ0n) is 9.04. The summed E-state index contributed by atoms with van der Waals surface area (Å²) in [4.78, 5) is 23.4. The van der Waals surface area contributed by atoms with Crippen molar-refractivity contribution in [3.05, 3.63) is 18.0 Å². The molecular weight excluding hydrogens is 224 g/mol. The van der Waals surface area contributed by atoms with E-state index in [9.17, 15) is 4.79 Å². The molecule has 1 fully saturated rings. The van der Waals surface area contributed by atoms with Crippen LogP contribution in [0.25, 0.3) is 0 Å². The van der Waals surface area contributed by atoms with Crippen molar-refractivity contribution in [1.29, 1.82) is 0 Å². The van der Waals surface area contributed by atoms with Crippen LogP contribution in [0, 0.1) is 5.92 Å². The van der Waals surface area contributed by atoms with Crippen LogP contribution in [0.2, 0.25) is 0 Å². The number of carbonyl (C=O) groups is 1. The highest BCUT2D eigenvalue weighted by molar-refractivity contribution is 6.41. The van der Waals surface area contributed by atoms with E-state index in [0.717, 1.165) is 12.8 Å². The number of nitrogen functional groups attached to an aromatic ring is 1. The lowest BCUT2D eigenvalue weighted by Gasteiger charge is -2.02. The largest absolute Gasteiger partial charge is 0.476 e. The van der Waals surface area contributed by atoms with Gasteiger partial charge >= 0.3 is 5.97 Å². The topological polar surface area (TPSA) is 111 Å². The average molecular weight is 236 g/mol. The molecule has 90 valence electrons. The molecule has 1 aliphatic rings. The lowest BCUT2D eigenvalue weighted by molar-refractivity contribution is -0.129. The normalized spacial score (nSPS) is 15.6. The van der Waals surface area contributed by atoms with Crippen molar-refractivity contribution in [1.82, 2.24) is 9.97 Å². The summed E-state index contributed by atoms with van der Waals surface area (Å²) in [6.45, 7) is 0.442. The third-order valence-corrected chi connectivity index (χ3v) is 2.28. The third-order valence-electron chi connectivity index (χ3n) is 2.28. The van der Waals surface area contributed by atoms with Crippen molar-refractivity contribution >= 4 is 17.6 Å². The zero-order valence-corrected chi connectivity index (χ0v) is 9.04. The predicted molar refractivity (Wildman–Crippen MR) is 59.3 cm³/mol. The first-order chi connectivity index (χ1) is 8.16. The molecular formula is C10H12N4O3. The Morgan fingerprint density at radius 3 is 3.00 bits per heavy atom. The van der Waals surface area contributed by atoms with Gasteiger partial charge in [-0.15, -0.1) is 0 Å². The van der Waals surface area contributed by atoms with Gasteiger partial charge in [0.25, 0.3) is 0 Å². The predicted octanol–water partition coefficient (Wildman–Crippen LogP) is 0.274. The van der Waals surface area contributed by atoms with Crippen LogP contribution in [0.5, 0.6) is 0 Å². The van der Waals surface area contributed by atoms with Gasteiger partial charge in [0.05, 0.1) is 0 Å². The van der Waals surface area contributed by atoms with Crippen LogP contribution in [-0.4, -0.2) is 33.4 Å². The minimum absolute atomic E-state index is 0.00126. The van der Waals surface area contributed by atoms with Crippen LogP contribution in [-0.2, 0) is 9.63 Å². The first-order valence-electron chi connectivity index (χ1n) is 5.19. The summed E-state index contributed by atoms with van der Waals surface area (Å²) in [6.07, 6.45) is 3.59. The van der Waals surface area contributed by atoms with Gasteiger partial charge in [-0.1, -0.05) is 5.16 Å². The number of carboxylic acid groups (broad SMARTS) is 1. The maximum atomic E-state index is 11.0. The average Bonchev–Trinajstić information content (AvgIpc) is 3.07. The molecule has 0 unspecified atom stereocenters. The van der Waals surface area contributed by atoms with Crippen LogP contribution in [0.15, 0.2) is 17.4 Å². The lowest BCUT2D eigenvalue weighted by atomic mass is 10.2. The molecule has 0 amide bonds. The number of hydrogen-bond donors (Lipinski definition) is 2. The number of nitrogens with zero attached hydrogens (tertiary/aromatic N) is 3. The van der Waals surface area contributed by atoms with Gasteiger partial charge in [-0.3, -0.25) is 0 Å². The quantitative estimate of drug-likeness (QED) is 0.561. The Bertz CT molecular complexity index is 457. The van der Waals surface area contributed by atoms with Crippen molar-refractivity contribution in [2.45, 2.75) is 12.8 Å². The minimum Gasteiger partial charge on any atom is -0.476 e. The maximum absolute atomic E-state index is 11.0. The second-order valence-electron chi connectivity index (χ2n) is 3.78. The van der Waals surface area contributed by atoms with Crippen molar-refractivity contribution in [3.63, 3.8) is 0 Å². The molecule has 0 saturated heterocycles. The van der Waals surface area contributed by atoms with E-state index in [2.05, 4.69) is 15.1 Å². The van der Waals surface area contributed by atoms with Crippen LogP contribution < -0.4 is 5.73 Å². The van der Waals surface area contributed by atoms with Gasteiger partial charge in [-0.05, 0) is 24.8 Å². The summed E-state index contributed by atoms with van der Waals surface area (Å²) in [6, 6.07) is 1.42. The summed E-state index contributed by atoms with van der Waals surface area (Å²) < 4.78 is 0. The zero-order chi connectivity index (χ0) is 12.3. The van der Waals surface area contributed by atoms with Crippen LogP contribution in [0.1, 0.15) is 18.5 Å². The van der Waals surface area contributed by atoms with Crippen molar-refractivity contribution < 1.29 is 14.7 Å². The summed E-state index contributed by atoms with van der Waals surface area (Å²) in [5, 5.41) is 12.6. The summed E-state index contributed by atoms with van der Waals surface area (Å²) >= 11 is 0. The molecule has 1 heterocycles. The third kappa shape index (κ3) is 3.13. The van der Waals surface area contributed by atoms with Crippen LogP contribution in [0.3, 0.4) is 0 Å². The Morgan fingerprint density at radius 1 is 1.65 bits per heavy atom. The molecule has 0 aliphatic heterocycles. The summed E-state index contributed by atoms with van der Waals surface area (Å²) in [7, 11) is 0. The van der Waals surface area contributed by atoms with E-state index < -0.39 is 5.97 Å². The highest BCUT2D eigenvalue weighted by Gasteiger charge is 2.22. The minimum atomic E-state index is -1.21. The first kappa shape index (κ1) is 11.3. The molecule has 1 saturated carbocycles. The van der Waals surface area contributed by atoms with Crippen molar-refractivity contribution in [2.75, 3.05) is 12.3 Å². The van der Waals surface area contributed by atoms with Crippen LogP contribution in [0.4, 0.5) is 5.95 Å². The van der Waals surface area contributed by atoms with E-state index in [1.54, 1.807) is 0 Å². The highest BCUT2D eigenvalue weighted by Crippen LogP contribution is 2.28. The molecule has 0 bridgehead atoms. The van der Waals surface area contributed by atoms with Gasteiger partial charge in [-0.2, -0.15) is 0 Å². The van der Waals surface area contributed by atoms with Crippen LogP contribution >= 0.6 is 0 Å². The Kier molecular flexibility index (Phi) is 3.17. The fourth-order valence-electron chi connectivity index (χ4n) is 1.19. The van der Waals surface area contributed by atoms with Crippen molar-refractivity contribution in [2.24, 2.45) is 11.1 Å². The van der Waals surface area contributed by atoms with E-state index in [0.29, 0.717) is 12.5 Å². The number of hydrogen-bond acceptors (Lipinski definition) is 6. The van der Waals surface area contributed by atoms with E-state index >= 15 is 0 Å². The molecule has 0 spiro atoms. The van der Waals surface area contributed by atoms with Gasteiger partial charge in [0.2, 0.25) is 11.7 Å². The Morgan fingerprint density at radius 2 is 2.41 bits per heavy atom.